The zero-order chi connectivity index (χ0) is 15.5. The van der Waals surface area contributed by atoms with E-state index in [9.17, 15) is 4.79 Å². The van der Waals surface area contributed by atoms with Crippen LogP contribution in [0.15, 0.2) is 42.7 Å². The van der Waals surface area contributed by atoms with Crippen LogP contribution in [0.2, 0.25) is 0 Å². The second-order valence-corrected chi connectivity index (χ2v) is 4.92. The van der Waals surface area contributed by atoms with E-state index in [2.05, 4.69) is 20.6 Å². The quantitative estimate of drug-likeness (QED) is 0.692. The number of nitrogens with zero attached hydrogens (tertiary/aromatic N) is 1. The zero-order valence-corrected chi connectivity index (χ0v) is 12.3. The molecule has 3 aromatic rings. The van der Waals surface area contributed by atoms with Gasteiger partial charge in [0.05, 0.1) is 30.2 Å². The highest BCUT2D eigenvalue weighted by atomic mass is 16.5. The van der Waals surface area contributed by atoms with Gasteiger partial charge in [-0.2, -0.15) is 0 Å². The van der Waals surface area contributed by atoms with Crippen molar-refractivity contribution in [1.29, 1.82) is 0 Å². The average Bonchev–Trinajstić information content (AvgIpc) is 2.95. The second-order valence-electron chi connectivity index (χ2n) is 4.92. The number of rotatable bonds is 3. The van der Waals surface area contributed by atoms with Crippen molar-refractivity contribution >= 4 is 28.4 Å². The van der Waals surface area contributed by atoms with Gasteiger partial charge < -0.3 is 20.4 Å². The number of carbonyl (C=O) groups is 1. The van der Waals surface area contributed by atoms with Crippen LogP contribution in [0.25, 0.3) is 11.0 Å². The Morgan fingerprint density at radius 2 is 2.05 bits per heavy atom. The maximum Gasteiger partial charge on any atom is 0.323 e. The molecule has 6 nitrogen and oxygen atoms in total. The lowest BCUT2D eigenvalue weighted by Crippen LogP contribution is -2.19. The minimum absolute atomic E-state index is 0.331. The first kappa shape index (κ1) is 13.9. The van der Waals surface area contributed by atoms with E-state index in [-0.39, 0.29) is 6.03 Å². The summed E-state index contributed by atoms with van der Waals surface area (Å²) in [5.41, 5.74) is 4.07. The van der Waals surface area contributed by atoms with Gasteiger partial charge in [0.25, 0.3) is 0 Å². The fraction of sp³-hybridized carbons (Fsp3) is 0.125. The summed E-state index contributed by atoms with van der Waals surface area (Å²) in [4.78, 5) is 19.3. The van der Waals surface area contributed by atoms with E-state index >= 15 is 0 Å². The highest BCUT2D eigenvalue weighted by Crippen LogP contribution is 2.25. The monoisotopic (exact) mass is 296 g/mol. The minimum Gasteiger partial charge on any atom is -0.495 e. The molecule has 0 saturated heterocycles. The molecule has 2 aromatic carbocycles. The number of aromatic amines is 1. The molecule has 0 atom stereocenters. The highest BCUT2D eigenvalue weighted by Gasteiger charge is 2.08. The first-order chi connectivity index (χ1) is 10.7. The van der Waals surface area contributed by atoms with E-state index in [1.807, 2.05) is 37.3 Å². The van der Waals surface area contributed by atoms with Crippen molar-refractivity contribution in [3.8, 4) is 5.75 Å². The number of benzene rings is 2. The SMILES string of the molecule is COc1ccc(C)cc1NC(=O)Nc1ccc2nc[nH]c2c1. The Hall–Kier alpha value is -3.02. The van der Waals surface area contributed by atoms with Gasteiger partial charge in [-0.1, -0.05) is 6.07 Å². The van der Waals surface area contributed by atoms with Gasteiger partial charge in [-0.3, -0.25) is 0 Å². The summed E-state index contributed by atoms with van der Waals surface area (Å²) >= 11 is 0. The summed E-state index contributed by atoms with van der Waals surface area (Å²) in [6.45, 7) is 1.95. The van der Waals surface area contributed by atoms with Crippen LogP contribution in [0, 0.1) is 6.92 Å². The Balaban J connectivity index is 1.76. The zero-order valence-electron chi connectivity index (χ0n) is 12.3. The van der Waals surface area contributed by atoms with Crippen molar-refractivity contribution in [2.45, 2.75) is 6.92 Å². The highest BCUT2D eigenvalue weighted by molar-refractivity contribution is 6.01. The third kappa shape index (κ3) is 2.85. The molecule has 3 N–H and O–H groups in total. The molecule has 112 valence electrons. The predicted molar refractivity (Wildman–Crippen MR) is 86.5 cm³/mol. The lowest BCUT2D eigenvalue weighted by atomic mass is 10.2. The van der Waals surface area contributed by atoms with E-state index in [1.54, 1.807) is 19.5 Å². The second kappa shape index (κ2) is 5.77. The molecule has 0 spiro atoms. The minimum atomic E-state index is -0.331. The van der Waals surface area contributed by atoms with Crippen molar-refractivity contribution in [2.24, 2.45) is 0 Å². The number of urea groups is 1. The van der Waals surface area contributed by atoms with Crippen molar-refractivity contribution in [2.75, 3.05) is 17.7 Å². The summed E-state index contributed by atoms with van der Waals surface area (Å²) < 4.78 is 5.24. The molecule has 0 unspecified atom stereocenters. The molecule has 3 rings (SSSR count). The first-order valence-corrected chi connectivity index (χ1v) is 6.81. The first-order valence-electron chi connectivity index (χ1n) is 6.81. The molecule has 0 saturated carbocycles. The third-order valence-electron chi connectivity index (χ3n) is 3.28. The molecular formula is C16H16N4O2. The number of amides is 2. The van der Waals surface area contributed by atoms with Crippen molar-refractivity contribution < 1.29 is 9.53 Å². The maximum absolute atomic E-state index is 12.1. The topological polar surface area (TPSA) is 79.0 Å². The number of carbonyl (C=O) groups excluding carboxylic acids is 1. The maximum atomic E-state index is 12.1. The van der Waals surface area contributed by atoms with Crippen LogP contribution < -0.4 is 15.4 Å². The van der Waals surface area contributed by atoms with Gasteiger partial charge >= 0.3 is 6.03 Å². The summed E-state index contributed by atoms with van der Waals surface area (Å²) in [5, 5.41) is 5.58. The van der Waals surface area contributed by atoms with E-state index in [0.29, 0.717) is 17.1 Å². The van der Waals surface area contributed by atoms with Crippen molar-refractivity contribution in [3.05, 3.63) is 48.3 Å². The number of fused-ring (bicyclic) bond motifs is 1. The van der Waals surface area contributed by atoms with Crippen molar-refractivity contribution in [3.63, 3.8) is 0 Å². The number of ether oxygens (including phenoxy) is 1. The van der Waals surface area contributed by atoms with Gasteiger partial charge in [-0.05, 0) is 42.8 Å². The van der Waals surface area contributed by atoms with Crippen LogP contribution in [-0.2, 0) is 0 Å². The lowest BCUT2D eigenvalue weighted by Gasteiger charge is -2.12. The molecule has 0 radical (unpaired) electrons. The molecule has 1 aromatic heterocycles. The average molecular weight is 296 g/mol. The van der Waals surface area contributed by atoms with E-state index in [4.69, 9.17) is 4.74 Å². The van der Waals surface area contributed by atoms with Crippen LogP contribution in [0.3, 0.4) is 0 Å². The summed E-state index contributed by atoms with van der Waals surface area (Å²) in [5.74, 6) is 0.616. The number of methoxy groups -OCH3 is 1. The van der Waals surface area contributed by atoms with Crippen LogP contribution in [0.1, 0.15) is 5.56 Å². The Morgan fingerprint density at radius 3 is 2.86 bits per heavy atom. The number of aryl methyl sites for hydroxylation is 1. The van der Waals surface area contributed by atoms with E-state index in [1.165, 1.54) is 0 Å². The number of H-pyrrole nitrogens is 1. The normalized spacial score (nSPS) is 10.5. The Bertz CT molecular complexity index is 826. The molecule has 0 fully saturated rings. The number of anilines is 2. The molecular weight excluding hydrogens is 280 g/mol. The molecule has 1 heterocycles. The summed E-state index contributed by atoms with van der Waals surface area (Å²) in [6, 6.07) is 10.7. The van der Waals surface area contributed by atoms with Gasteiger partial charge in [0.1, 0.15) is 5.75 Å². The fourth-order valence-corrected chi connectivity index (χ4v) is 2.22. The van der Waals surface area contributed by atoms with E-state index in [0.717, 1.165) is 16.6 Å². The molecule has 0 aliphatic rings. The summed E-state index contributed by atoms with van der Waals surface area (Å²) in [7, 11) is 1.57. The number of hydrogen-bond acceptors (Lipinski definition) is 3. The predicted octanol–water partition coefficient (Wildman–Crippen LogP) is 3.52. The van der Waals surface area contributed by atoms with Gasteiger partial charge in [-0.25, -0.2) is 9.78 Å². The fourth-order valence-electron chi connectivity index (χ4n) is 2.22. The molecule has 22 heavy (non-hydrogen) atoms. The van der Waals surface area contributed by atoms with Gasteiger partial charge in [-0.15, -0.1) is 0 Å². The number of nitrogens with one attached hydrogen (secondary N) is 3. The smallest absolute Gasteiger partial charge is 0.323 e. The van der Waals surface area contributed by atoms with Crippen LogP contribution >= 0.6 is 0 Å². The summed E-state index contributed by atoms with van der Waals surface area (Å²) in [6.07, 6.45) is 1.62. The number of hydrogen-bond donors (Lipinski definition) is 3. The molecule has 0 bridgehead atoms. The van der Waals surface area contributed by atoms with Gasteiger partial charge in [0, 0.05) is 5.69 Å². The lowest BCUT2D eigenvalue weighted by molar-refractivity contribution is 0.262. The van der Waals surface area contributed by atoms with Gasteiger partial charge in [0.2, 0.25) is 0 Å². The largest absolute Gasteiger partial charge is 0.495 e. The van der Waals surface area contributed by atoms with Crippen LogP contribution in [-0.4, -0.2) is 23.1 Å². The third-order valence-corrected chi connectivity index (χ3v) is 3.28. The molecule has 0 aliphatic heterocycles. The van der Waals surface area contributed by atoms with Gasteiger partial charge in [0.15, 0.2) is 0 Å². The molecule has 2 amide bonds. The van der Waals surface area contributed by atoms with Crippen LogP contribution in [0.4, 0.5) is 16.2 Å². The molecule has 0 aliphatic carbocycles. The Morgan fingerprint density at radius 1 is 1.18 bits per heavy atom. The van der Waals surface area contributed by atoms with E-state index < -0.39 is 0 Å². The standard InChI is InChI=1S/C16H16N4O2/c1-10-3-6-15(22-2)14(7-10)20-16(21)19-11-4-5-12-13(8-11)18-9-17-12/h3-9H,1-2H3,(H,17,18)(H2,19,20,21). The van der Waals surface area contributed by atoms with Crippen molar-refractivity contribution in [1.82, 2.24) is 9.97 Å². The number of aromatic nitrogens is 2. The van der Waals surface area contributed by atoms with Crippen LogP contribution in [0.5, 0.6) is 5.75 Å². The Kier molecular flexibility index (Phi) is 3.65. The molecule has 6 heteroatoms. The Labute approximate surface area is 127 Å². The number of imidazole rings is 1.